The van der Waals surface area contributed by atoms with Gasteiger partial charge in [-0.15, -0.1) is 0 Å². The smallest absolute Gasteiger partial charge is 0.251 e. The van der Waals surface area contributed by atoms with Crippen LogP contribution >= 0.6 is 0 Å². The van der Waals surface area contributed by atoms with Gasteiger partial charge in [0.15, 0.2) is 5.78 Å². The molecule has 1 aliphatic carbocycles. The zero-order valence-electron chi connectivity index (χ0n) is 13.4. The maximum absolute atomic E-state index is 12.6. The van der Waals surface area contributed by atoms with E-state index < -0.39 is 6.04 Å². The molecule has 0 bridgehead atoms. The van der Waals surface area contributed by atoms with Gasteiger partial charge in [0, 0.05) is 11.6 Å². The zero-order chi connectivity index (χ0) is 16.4. The number of carbonyl (C=O) groups excluding carboxylic acids is 3. The molecule has 2 fully saturated rings. The van der Waals surface area contributed by atoms with Crippen molar-refractivity contribution in [1.82, 2.24) is 5.32 Å². The fourth-order valence-corrected chi connectivity index (χ4v) is 3.43. The van der Waals surface area contributed by atoms with Crippen molar-refractivity contribution >= 4 is 23.3 Å². The van der Waals surface area contributed by atoms with Crippen LogP contribution in [0.2, 0.25) is 0 Å². The van der Waals surface area contributed by atoms with Crippen LogP contribution in [-0.4, -0.2) is 29.7 Å². The molecule has 1 heterocycles. The molecule has 1 atom stereocenters. The van der Waals surface area contributed by atoms with Gasteiger partial charge in [-0.25, -0.2) is 4.90 Å². The van der Waals surface area contributed by atoms with Gasteiger partial charge in [0.1, 0.15) is 0 Å². The third-order valence-electron chi connectivity index (χ3n) is 4.72. The Labute approximate surface area is 136 Å². The van der Waals surface area contributed by atoms with E-state index in [2.05, 4.69) is 5.32 Å². The second-order valence-electron chi connectivity index (χ2n) is 6.43. The minimum atomic E-state index is -0.418. The van der Waals surface area contributed by atoms with Gasteiger partial charge in [-0.3, -0.25) is 14.4 Å². The second-order valence-corrected chi connectivity index (χ2v) is 6.43. The van der Waals surface area contributed by atoms with Crippen LogP contribution in [-0.2, 0) is 9.59 Å². The molecule has 5 nitrogen and oxygen atoms in total. The van der Waals surface area contributed by atoms with Crippen molar-refractivity contribution < 1.29 is 14.4 Å². The fourth-order valence-electron chi connectivity index (χ4n) is 3.43. The first-order valence-corrected chi connectivity index (χ1v) is 8.30. The number of nitrogens with one attached hydrogen (secondary N) is 1. The molecule has 2 amide bonds. The van der Waals surface area contributed by atoms with Crippen molar-refractivity contribution in [3.8, 4) is 0 Å². The van der Waals surface area contributed by atoms with Gasteiger partial charge in [0.25, 0.3) is 5.91 Å². The van der Waals surface area contributed by atoms with Gasteiger partial charge in [0.05, 0.1) is 18.2 Å². The first kappa shape index (κ1) is 15.9. The molecule has 1 saturated carbocycles. The Morgan fingerprint density at radius 1 is 1.09 bits per heavy atom. The molecule has 0 spiro atoms. The molecule has 1 aliphatic heterocycles. The molecular weight excluding hydrogens is 292 g/mol. The van der Waals surface area contributed by atoms with Gasteiger partial charge < -0.3 is 5.32 Å². The molecule has 0 radical (unpaired) electrons. The Morgan fingerprint density at radius 2 is 1.74 bits per heavy atom. The molecule has 3 rings (SSSR count). The lowest BCUT2D eigenvalue weighted by molar-refractivity contribution is -0.121. The highest BCUT2D eigenvalue weighted by molar-refractivity contribution is 6.22. The number of rotatable bonds is 4. The summed E-state index contributed by atoms with van der Waals surface area (Å²) < 4.78 is 0. The predicted molar refractivity (Wildman–Crippen MR) is 87.4 cm³/mol. The van der Waals surface area contributed by atoms with Gasteiger partial charge in [0.2, 0.25) is 5.91 Å². The van der Waals surface area contributed by atoms with E-state index in [9.17, 15) is 14.4 Å². The zero-order valence-corrected chi connectivity index (χ0v) is 13.4. The number of hydrogen-bond donors (Lipinski definition) is 1. The number of benzene rings is 1. The highest BCUT2D eigenvalue weighted by atomic mass is 16.2. The SMILES string of the molecule is CC(=O)c1ccc(N2C(=O)CC(NC3CCCCC3)C2=O)cc1. The molecule has 23 heavy (non-hydrogen) atoms. The summed E-state index contributed by atoms with van der Waals surface area (Å²) >= 11 is 0. The van der Waals surface area contributed by atoms with E-state index in [1.165, 1.54) is 31.1 Å². The Hall–Kier alpha value is -2.01. The van der Waals surface area contributed by atoms with Crippen LogP contribution in [0.15, 0.2) is 24.3 Å². The summed E-state index contributed by atoms with van der Waals surface area (Å²) in [5, 5.41) is 3.36. The Kier molecular flexibility index (Phi) is 4.57. The average molecular weight is 314 g/mol. The standard InChI is InChI=1S/C18H22N2O3/c1-12(21)13-7-9-15(10-8-13)20-17(22)11-16(18(20)23)19-14-5-3-2-4-6-14/h7-10,14,16,19H,2-6,11H2,1H3. The van der Waals surface area contributed by atoms with E-state index in [0.29, 0.717) is 17.3 Å². The predicted octanol–water partition coefficient (Wildman–Crippen LogP) is 2.44. The maximum atomic E-state index is 12.6. The van der Waals surface area contributed by atoms with Crippen LogP contribution in [0, 0.1) is 0 Å². The van der Waals surface area contributed by atoms with Crippen LogP contribution in [0.5, 0.6) is 0 Å². The van der Waals surface area contributed by atoms with E-state index in [-0.39, 0.29) is 24.0 Å². The summed E-state index contributed by atoms with van der Waals surface area (Å²) in [7, 11) is 0. The number of ketones is 1. The summed E-state index contributed by atoms with van der Waals surface area (Å²) in [6.07, 6.45) is 5.98. The summed E-state index contributed by atoms with van der Waals surface area (Å²) in [5.41, 5.74) is 1.11. The van der Waals surface area contributed by atoms with Gasteiger partial charge in [-0.2, -0.15) is 0 Å². The van der Waals surface area contributed by atoms with Crippen molar-refractivity contribution in [3.63, 3.8) is 0 Å². The normalized spacial score (nSPS) is 22.7. The summed E-state index contributed by atoms with van der Waals surface area (Å²) in [5.74, 6) is -0.400. The van der Waals surface area contributed by atoms with Crippen LogP contribution in [0.4, 0.5) is 5.69 Å². The number of anilines is 1. The lowest BCUT2D eigenvalue weighted by Gasteiger charge is -2.25. The molecule has 0 aromatic heterocycles. The van der Waals surface area contributed by atoms with Crippen molar-refractivity contribution in [2.24, 2.45) is 0 Å². The number of amides is 2. The largest absolute Gasteiger partial charge is 0.303 e. The average Bonchev–Trinajstić information content (AvgIpc) is 2.82. The first-order valence-electron chi connectivity index (χ1n) is 8.30. The van der Waals surface area contributed by atoms with E-state index in [1.54, 1.807) is 24.3 Å². The topological polar surface area (TPSA) is 66.5 Å². The second kappa shape index (κ2) is 6.62. The molecule has 1 aromatic rings. The molecule has 122 valence electrons. The van der Waals surface area contributed by atoms with Gasteiger partial charge >= 0.3 is 0 Å². The van der Waals surface area contributed by atoms with Crippen LogP contribution in [0.1, 0.15) is 55.8 Å². The minimum Gasteiger partial charge on any atom is -0.303 e. The number of nitrogens with zero attached hydrogens (tertiary/aromatic N) is 1. The van der Waals surface area contributed by atoms with Crippen LogP contribution in [0.25, 0.3) is 0 Å². The maximum Gasteiger partial charge on any atom is 0.251 e. The Bertz CT molecular complexity index is 618. The number of carbonyl (C=O) groups is 3. The van der Waals surface area contributed by atoms with E-state index in [0.717, 1.165) is 12.8 Å². The third-order valence-corrected chi connectivity index (χ3v) is 4.72. The Morgan fingerprint density at radius 3 is 2.35 bits per heavy atom. The number of imide groups is 1. The van der Waals surface area contributed by atoms with Crippen molar-refractivity contribution in [2.75, 3.05) is 4.90 Å². The fraction of sp³-hybridized carbons (Fsp3) is 0.500. The minimum absolute atomic E-state index is 0.0348. The quantitative estimate of drug-likeness (QED) is 0.685. The number of Topliss-reactive ketones (excluding diaryl/α,β-unsaturated/α-hetero) is 1. The highest BCUT2D eigenvalue weighted by Crippen LogP contribution is 2.25. The van der Waals surface area contributed by atoms with E-state index in [4.69, 9.17) is 0 Å². The highest BCUT2D eigenvalue weighted by Gasteiger charge is 2.40. The molecule has 1 saturated heterocycles. The molecule has 1 unspecified atom stereocenters. The van der Waals surface area contributed by atoms with Crippen LogP contribution in [0.3, 0.4) is 0 Å². The van der Waals surface area contributed by atoms with E-state index >= 15 is 0 Å². The molecular formula is C18H22N2O3. The van der Waals surface area contributed by atoms with Crippen molar-refractivity contribution in [2.45, 2.75) is 57.5 Å². The van der Waals surface area contributed by atoms with Gasteiger partial charge in [-0.1, -0.05) is 19.3 Å². The molecule has 5 heteroatoms. The monoisotopic (exact) mass is 314 g/mol. The summed E-state index contributed by atoms with van der Waals surface area (Å²) in [4.78, 5) is 37.4. The molecule has 1 aromatic carbocycles. The first-order chi connectivity index (χ1) is 11.1. The van der Waals surface area contributed by atoms with Crippen LogP contribution < -0.4 is 10.2 Å². The van der Waals surface area contributed by atoms with Gasteiger partial charge in [-0.05, 0) is 44.0 Å². The molecule has 2 aliphatic rings. The number of hydrogen-bond acceptors (Lipinski definition) is 4. The molecule has 1 N–H and O–H groups in total. The van der Waals surface area contributed by atoms with E-state index in [1.807, 2.05) is 0 Å². The third kappa shape index (κ3) is 3.34. The summed E-state index contributed by atoms with van der Waals surface area (Å²) in [6.45, 7) is 1.49. The lowest BCUT2D eigenvalue weighted by atomic mass is 9.95. The Balaban J connectivity index is 1.71. The van der Waals surface area contributed by atoms with Crippen molar-refractivity contribution in [3.05, 3.63) is 29.8 Å². The van der Waals surface area contributed by atoms with Crippen molar-refractivity contribution in [1.29, 1.82) is 0 Å². The summed E-state index contributed by atoms with van der Waals surface area (Å²) in [6, 6.07) is 6.55. The lowest BCUT2D eigenvalue weighted by Crippen LogP contribution is -2.44.